The minimum absolute atomic E-state index is 0.828. The van der Waals surface area contributed by atoms with E-state index in [4.69, 9.17) is 9.97 Å². The van der Waals surface area contributed by atoms with E-state index in [1.165, 1.54) is 0 Å². The second kappa shape index (κ2) is 8.47. The smallest absolute Gasteiger partial charge is 0.142 e. The zero-order chi connectivity index (χ0) is 20.2. The number of benzene rings is 1. The van der Waals surface area contributed by atoms with E-state index in [9.17, 15) is 0 Å². The zero-order valence-corrected chi connectivity index (χ0v) is 17.4. The summed E-state index contributed by atoms with van der Waals surface area (Å²) in [7, 11) is 0. The maximum atomic E-state index is 4.92. The number of hydrogen-bond acceptors (Lipinski definition) is 4. The van der Waals surface area contributed by atoms with E-state index in [2.05, 4.69) is 71.7 Å². The number of para-hydroxylation sites is 2. The van der Waals surface area contributed by atoms with Crippen LogP contribution < -0.4 is 4.90 Å². The fourth-order valence-corrected chi connectivity index (χ4v) is 3.71. The monoisotopic (exact) mass is 388 g/mol. The predicted octanol–water partition coefficient (Wildman–Crippen LogP) is 4.40. The molecular formula is C23H28N6. The number of imidazole rings is 1. The summed E-state index contributed by atoms with van der Waals surface area (Å²) in [6.45, 7) is 10.0. The quantitative estimate of drug-likeness (QED) is 0.449. The SMILES string of the molecule is CCN(CC)c1ccc(-c2nc3ccccc3n2CCc2ccn(CC)n2)cn1. The maximum Gasteiger partial charge on any atom is 0.142 e. The number of hydrogen-bond donors (Lipinski definition) is 0. The lowest BCUT2D eigenvalue weighted by molar-refractivity contribution is 0.631. The van der Waals surface area contributed by atoms with Crippen molar-refractivity contribution in [3.8, 4) is 11.4 Å². The summed E-state index contributed by atoms with van der Waals surface area (Å²) in [6.07, 6.45) is 4.85. The number of rotatable bonds is 8. The highest BCUT2D eigenvalue weighted by molar-refractivity contribution is 5.80. The summed E-state index contributed by atoms with van der Waals surface area (Å²) in [5.41, 5.74) is 4.29. The molecule has 0 radical (unpaired) electrons. The van der Waals surface area contributed by atoms with Gasteiger partial charge in [0.1, 0.15) is 11.6 Å². The van der Waals surface area contributed by atoms with Gasteiger partial charge in [-0.25, -0.2) is 9.97 Å². The van der Waals surface area contributed by atoms with E-state index in [-0.39, 0.29) is 0 Å². The van der Waals surface area contributed by atoms with Crippen LogP contribution in [0.4, 0.5) is 5.82 Å². The van der Waals surface area contributed by atoms with Crippen molar-refractivity contribution in [1.29, 1.82) is 0 Å². The van der Waals surface area contributed by atoms with Gasteiger partial charge in [0.2, 0.25) is 0 Å². The van der Waals surface area contributed by atoms with Crippen LogP contribution in [0, 0.1) is 0 Å². The van der Waals surface area contributed by atoms with Crippen molar-refractivity contribution in [2.24, 2.45) is 0 Å². The Bertz CT molecular complexity index is 1070. The highest BCUT2D eigenvalue weighted by Crippen LogP contribution is 2.26. The summed E-state index contributed by atoms with van der Waals surface area (Å²) in [4.78, 5) is 11.9. The molecule has 0 aliphatic carbocycles. The van der Waals surface area contributed by atoms with Crippen LogP contribution in [0.3, 0.4) is 0 Å². The van der Waals surface area contributed by atoms with Crippen molar-refractivity contribution in [1.82, 2.24) is 24.3 Å². The van der Waals surface area contributed by atoms with E-state index < -0.39 is 0 Å². The fraction of sp³-hybridized carbons (Fsp3) is 0.348. The molecule has 0 aliphatic rings. The van der Waals surface area contributed by atoms with Crippen molar-refractivity contribution in [3.63, 3.8) is 0 Å². The molecule has 0 saturated carbocycles. The Morgan fingerprint density at radius 2 is 1.79 bits per heavy atom. The first-order valence-electron chi connectivity index (χ1n) is 10.4. The third kappa shape index (κ3) is 3.88. The van der Waals surface area contributed by atoms with Crippen LogP contribution in [0.2, 0.25) is 0 Å². The summed E-state index contributed by atoms with van der Waals surface area (Å²) in [5.74, 6) is 1.96. The highest BCUT2D eigenvalue weighted by Gasteiger charge is 2.14. The summed E-state index contributed by atoms with van der Waals surface area (Å²) in [6, 6.07) is 14.6. The molecule has 3 aromatic heterocycles. The molecule has 29 heavy (non-hydrogen) atoms. The van der Waals surface area contributed by atoms with E-state index in [0.29, 0.717) is 0 Å². The van der Waals surface area contributed by atoms with Gasteiger partial charge in [-0.1, -0.05) is 12.1 Å². The van der Waals surface area contributed by atoms with Crippen LogP contribution in [0.5, 0.6) is 0 Å². The van der Waals surface area contributed by atoms with Crippen molar-refractivity contribution in [3.05, 3.63) is 60.6 Å². The van der Waals surface area contributed by atoms with Crippen LogP contribution in [-0.4, -0.2) is 37.4 Å². The van der Waals surface area contributed by atoms with Gasteiger partial charge in [-0.2, -0.15) is 5.10 Å². The molecule has 0 spiro atoms. The molecule has 0 atom stereocenters. The Labute approximate surface area is 171 Å². The molecule has 0 amide bonds. The number of fused-ring (bicyclic) bond motifs is 1. The van der Waals surface area contributed by atoms with Gasteiger partial charge in [-0.05, 0) is 51.1 Å². The molecule has 150 valence electrons. The largest absolute Gasteiger partial charge is 0.357 e. The lowest BCUT2D eigenvalue weighted by atomic mass is 10.2. The molecule has 3 heterocycles. The maximum absolute atomic E-state index is 4.92. The van der Waals surface area contributed by atoms with Crippen LogP contribution in [0.1, 0.15) is 26.5 Å². The minimum atomic E-state index is 0.828. The Balaban J connectivity index is 1.67. The van der Waals surface area contributed by atoms with Gasteiger partial charge >= 0.3 is 0 Å². The Morgan fingerprint density at radius 3 is 2.48 bits per heavy atom. The molecular weight excluding hydrogens is 360 g/mol. The topological polar surface area (TPSA) is 51.8 Å². The van der Waals surface area contributed by atoms with Gasteiger partial charge in [0.25, 0.3) is 0 Å². The Morgan fingerprint density at radius 1 is 0.966 bits per heavy atom. The van der Waals surface area contributed by atoms with E-state index >= 15 is 0 Å². The number of aryl methyl sites for hydroxylation is 3. The first kappa shape index (κ1) is 19.2. The van der Waals surface area contributed by atoms with Gasteiger partial charge in [0, 0.05) is 50.6 Å². The molecule has 4 rings (SSSR count). The molecule has 0 N–H and O–H groups in total. The fourth-order valence-electron chi connectivity index (χ4n) is 3.71. The highest BCUT2D eigenvalue weighted by atomic mass is 15.3. The number of anilines is 1. The van der Waals surface area contributed by atoms with Crippen molar-refractivity contribution < 1.29 is 0 Å². The van der Waals surface area contributed by atoms with E-state index in [1.807, 2.05) is 23.1 Å². The van der Waals surface area contributed by atoms with Gasteiger partial charge in [0.05, 0.1) is 16.7 Å². The molecule has 0 unspecified atom stereocenters. The standard InChI is InChI=1S/C23H28N6/c1-4-27(5-2)22-12-11-18(17-24-22)23-25-20-9-7-8-10-21(20)29(23)16-14-19-13-15-28(6-3)26-19/h7-13,15,17H,4-6,14,16H2,1-3H3. The lowest BCUT2D eigenvalue weighted by Gasteiger charge is -2.19. The summed E-state index contributed by atoms with van der Waals surface area (Å²) in [5, 5.41) is 4.63. The third-order valence-electron chi connectivity index (χ3n) is 5.36. The normalized spacial score (nSPS) is 11.3. The first-order chi connectivity index (χ1) is 14.2. The van der Waals surface area contributed by atoms with Crippen LogP contribution in [0.15, 0.2) is 54.9 Å². The molecule has 0 aliphatic heterocycles. The summed E-state index contributed by atoms with van der Waals surface area (Å²) < 4.78 is 4.26. The van der Waals surface area contributed by atoms with Crippen LogP contribution in [-0.2, 0) is 19.5 Å². The average molecular weight is 389 g/mol. The Hall–Kier alpha value is -3.15. The molecule has 1 aromatic carbocycles. The van der Waals surface area contributed by atoms with Crippen molar-refractivity contribution >= 4 is 16.9 Å². The van der Waals surface area contributed by atoms with Gasteiger partial charge in [-0.3, -0.25) is 4.68 Å². The van der Waals surface area contributed by atoms with Gasteiger partial charge in [0.15, 0.2) is 0 Å². The average Bonchev–Trinajstić information content (AvgIpc) is 3.38. The Kier molecular flexibility index (Phi) is 5.60. The lowest BCUT2D eigenvalue weighted by Crippen LogP contribution is -2.22. The van der Waals surface area contributed by atoms with Gasteiger partial charge < -0.3 is 9.47 Å². The van der Waals surface area contributed by atoms with E-state index in [0.717, 1.165) is 66.5 Å². The molecule has 0 bridgehead atoms. The number of nitrogens with zero attached hydrogens (tertiary/aromatic N) is 6. The second-order valence-corrected chi connectivity index (χ2v) is 7.07. The third-order valence-corrected chi connectivity index (χ3v) is 5.36. The van der Waals surface area contributed by atoms with Crippen molar-refractivity contribution in [2.45, 2.75) is 40.3 Å². The molecule has 0 fully saturated rings. The number of pyridine rings is 1. The first-order valence-corrected chi connectivity index (χ1v) is 10.4. The number of aromatic nitrogens is 5. The summed E-state index contributed by atoms with van der Waals surface area (Å²) >= 11 is 0. The zero-order valence-electron chi connectivity index (χ0n) is 17.4. The van der Waals surface area contributed by atoms with Crippen LogP contribution >= 0.6 is 0 Å². The molecule has 0 saturated heterocycles. The van der Waals surface area contributed by atoms with Gasteiger partial charge in [-0.15, -0.1) is 0 Å². The van der Waals surface area contributed by atoms with E-state index in [1.54, 1.807) is 0 Å². The predicted molar refractivity (Wildman–Crippen MR) is 118 cm³/mol. The molecule has 4 aromatic rings. The molecule has 6 heteroatoms. The molecule has 6 nitrogen and oxygen atoms in total. The minimum Gasteiger partial charge on any atom is -0.357 e. The van der Waals surface area contributed by atoms with Crippen molar-refractivity contribution in [2.75, 3.05) is 18.0 Å². The second-order valence-electron chi connectivity index (χ2n) is 7.07. The van der Waals surface area contributed by atoms with Crippen LogP contribution in [0.25, 0.3) is 22.4 Å².